The Hall–Kier alpha value is -3.32. The molecule has 1 aromatic heterocycles. The topological polar surface area (TPSA) is 39.1 Å². The van der Waals surface area contributed by atoms with Crippen molar-refractivity contribution in [3.63, 3.8) is 0 Å². The molecule has 1 atom stereocenters. The van der Waals surface area contributed by atoms with Crippen molar-refractivity contribution in [1.29, 1.82) is 0 Å². The molecule has 1 heterocycles. The molecule has 0 radical (unpaired) electrons. The largest absolute Gasteiger partial charge is 0.496 e. The molecule has 0 amide bonds. The number of benzene rings is 3. The number of halogens is 3. The molecule has 166 valence electrons. The van der Waals surface area contributed by atoms with Crippen LogP contribution in [0.3, 0.4) is 0 Å². The average Bonchev–Trinajstić information content (AvgIpc) is 3.14. The van der Waals surface area contributed by atoms with Crippen LogP contribution in [0.15, 0.2) is 66.7 Å². The molecule has 4 nitrogen and oxygen atoms in total. The Balaban J connectivity index is 1.64. The summed E-state index contributed by atoms with van der Waals surface area (Å²) in [6.45, 7) is 2.74. The van der Waals surface area contributed by atoms with Crippen LogP contribution in [0.2, 0.25) is 0 Å². The van der Waals surface area contributed by atoms with Crippen LogP contribution in [0.5, 0.6) is 5.75 Å². The number of rotatable bonds is 6. The number of ether oxygens (including phenoxy) is 1. The number of fused-ring (bicyclic) bond motifs is 1. The first kappa shape index (κ1) is 21.9. The molecular formula is C25H24F3N3O. The van der Waals surface area contributed by atoms with Gasteiger partial charge in [-0.15, -0.1) is 0 Å². The first-order chi connectivity index (χ1) is 15.3. The zero-order chi connectivity index (χ0) is 22.9. The molecule has 7 heteroatoms. The molecule has 0 unspecified atom stereocenters. The van der Waals surface area contributed by atoms with Gasteiger partial charge in [0.05, 0.1) is 18.1 Å². The highest BCUT2D eigenvalue weighted by Crippen LogP contribution is 2.35. The predicted molar refractivity (Wildman–Crippen MR) is 119 cm³/mol. The number of nitrogens with zero attached hydrogens (tertiary/aromatic N) is 2. The molecule has 0 aliphatic heterocycles. The van der Waals surface area contributed by atoms with E-state index in [2.05, 4.69) is 29.4 Å². The number of alkyl halides is 3. The molecule has 0 aliphatic rings. The van der Waals surface area contributed by atoms with E-state index in [1.165, 1.54) is 12.6 Å². The first-order valence-corrected chi connectivity index (χ1v) is 10.3. The molecular weight excluding hydrogens is 415 g/mol. The smallest absolute Gasteiger partial charge is 0.449 e. The van der Waals surface area contributed by atoms with Crippen molar-refractivity contribution in [2.75, 3.05) is 7.11 Å². The summed E-state index contributed by atoms with van der Waals surface area (Å²) >= 11 is 0. The van der Waals surface area contributed by atoms with Gasteiger partial charge in [-0.1, -0.05) is 42.5 Å². The van der Waals surface area contributed by atoms with Crippen LogP contribution in [0.1, 0.15) is 29.9 Å². The van der Waals surface area contributed by atoms with E-state index < -0.39 is 12.0 Å². The highest BCUT2D eigenvalue weighted by molar-refractivity contribution is 5.84. The Kier molecular flexibility index (Phi) is 5.93. The average molecular weight is 439 g/mol. The Morgan fingerprint density at radius 2 is 1.78 bits per heavy atom. The molecule has 0 aliphatic carbocycles. The maximum atomic E-state index is 13.2. The summed E-state index contributed by atoms with van der Waals surface area (Å²) in [6, 6.07) is 21.3. The highest BCUT2D eigenvalue weighted by Gasteiger charge is 2.36. The van der Waals surface area contributed by atoms with E-state index in [0.717, 1.165) is 21.3 Å². The number of hydrogen-bond donors (Lipinski definition) is 1. The second-order valence-electron chi connectivity index (χ2n) is 7.74. The first-order valence-electron chi connectivity index (χ1n) is 10.3. The molecule has 0 spiro atoms. The molecule has 1 N–H and O–H groups in total. The van der Waals surface area contributed by atoms with Gasteiger partial charge in [0, 0.05) is 25.2 Å². The summed E-state index contributed by atoms with van der Waals surface area (Å²) in [5, 5.41) is 3.51. The molecule has 0 bridgehead atoms. The Morgan fingerprint density at radius 1 is 1.03 bits per heavy atom. The van der Waals surface area contributed by atoms with Gasteiger partial charge in [0.1, 0.15) is 5.75 Å². The van der Waals surface area contributed by atoms with Gasteiger partial charge in [0.2, 0.25) is 5.82 Å². The number of methoxy groups -OCH3 is 1. The quantitative estimate of drug-likeness (QED) is 0.394. The maximum Gasteiger partial charge on any atom is 0.449 e. The zero-order valence-electron chi connectivity index (χ0n) is 18.1. The SMILES string of the molecule is COc1ccc(CN[C@H](C)c2ccccc2)cc1-c1ccc2c(c1)nc(C(F)(F)F)n2C. The van der Waals surface area contributed by atoms with Crippen LogP contribution in [0.4, 0.5) is 13.2 Å². The molecule has 3 aromatic carbocycles. The van der Waals surface area contributed by atoms with Gasteiger partial charge < -0.3 is 14.6 Å². The van der Waals surface area contributed by atoms with Crippen molar-refractivity contribution in [2.45, 2.75) is 25.7 Å². The number of imidazole rings is 1. The third-order valence-electron chi connectivity index (χ3n) is 5.62. The van der Waals surface area contributed by atoms with Crippen molar-refractivity contribution in [1.82, 2.24) is 14.9 Å². The summed E-state index contributed by atoms with van der Waals surface area (Å²) in [7, 11) is 2.95. The second-order valence-corrected chi connectivity index (χ2v) is 7.74. The fourth-order valence-corrected chi connectivity index (χ4v) is 3.84. The lowest BCUT2D eigenvalue weighted by atomic mass is 10.0. The number of hydrogen-bond acceptors (Lipinski definition) is 3. The zero-order valence-corrected chi connectivity index (χ0v) is 18.1. The Morgan fingerprint density at radius 3 is 2.47 bits per heavy atom. The van der Waals surface area contributed by atoms with Crippen molar-refractivity contribution in [2.24, 2.45) is 7.05 Å². The van der Waals surface area contributed by atoms with Crippen LogP contribution >= 0.6 is 0 Å². The van der Waals surface area contributed by atoms with Crippen LogP contribution in [-0.4, -0.2) is 16.7 Å². The van der Waals surface area contributed by atoms with E-state index in [9.17, 15) is 13.2 Å². The lowest BCUT2D eigenvalue weighted by Gasteiger charge is -2.16. The second kappa shape index (κ2) is 8.67. The standard InChI is InChI=1S/C25H24F3N3O/c1-16(18-7-5-4-6-8-18)29-15-17-9-12-23(32-3)20(13-17)19-10-11-22-21(14-19)30-24(31(22)2)25(26,27)28/h4-14,16,29H,15H2,1-3H3/t16-/m1/s1. The van der Waals surface area contributed by atoms with E-state index >= 15 is 0 Å². The van der Waals surface area contributed by atoms with Gasteiger partial charge in [0.15, 0.2) is 0 Å². The molecule has 0 fully saturated rings. The summed E-state index contributed by atoms with van der Waals surface area (Å²) in [4.78, 5) is 3.83. The van der Waals surface area contributed by atoms with Gasteiger partial charge in [-0.2, -0.15) is 13.2 Å². The monoisotopic (exact) mass is 439 g/mol. The number of aryl methyl sites for hydroxylation is 1. The Labute approximate surface area is 184 Å². The van der Waals surface area contributed by atoms with E-state index in [1.54, 1.807) is 25.3 Å². The summed E-state index contributed by atoms with van der Waals surface area (Å²) in [5.74, 6) is -0.263. The van der Waals surface area contributed by atoms with Gasteiger partial charge in [-0.3, -0.25) is 0 Å². The summed E-state index contributed by atoms with van der Waals surface area (Å²) < 4.78 is 46.3. The minimum absolute atomic E-state index is 0.174. The number of nitrogens with one attached hydrogen (secondary N) is 1. The summed E-state index contributed by atoms with van der Waals surface area (Å²) in [6.07, 6.45) is -4.51. The van der Waals surface area contributed by atoms with Crippen LogP contribution in [0.25, 0.3) is 22.2 Å². The van der Waals surface area contributed by atoms with Crippen LogP contribution in [-0.2, 0) is 19.8 Å². The number of aromatic nitrogens is 2. The van der Waals surface area contributed by atoms with Crippen molar-refractivity contribution < 1.29 is 17.9 Å². The van der Waals surface area contributed by atoms with Gasteiger partial charge in [-0.05, 0) is 47.9 Å². The third kappa shape index (κ3) is 4.34. The van der Waals surface area contributed by atoms with E-state index in [4.69, 9.17) is 4.74 Å². The minimum atomic E-state index is -4.51. The van der Waals surface area contributed by atoms with Crippen LogP contribution < -0.4 is 10.1 Å². The van der Waals surface area contributed by atoms with E-state index in [1.807, 2.05) is 36.4 Å². The fraction of sp³-hybridized carbons (Fsp3) is 0.240. The van der Waals surface area contributed by atoms with Gasteiger partial charge >= 0.3 is 6.18 Å². The van der Waals surface area contributed by atoms with Gasteiger partial charge in [-0.25, -0.2) is 4.98 Å². The Bertz CT molecular complexity index is 1230. The molecule has 0 saturated carbocycles. The van der Waals surface area contributed by atoms with Gasteiger partial charge in [0.25, 0.3) is 0 Å². The van der Waals surface area contributed by atoms with Crippen molar-refractivity contribution in [3.05, 3.63) is 83.7 Å². The molecule has 4 rings (SSSR count). The lowest BCUT2D eigenvalue weighted by Crippen LogP contribution is -2.18. The highest BCUT2D eigenvalue weighted by atomic mass is 19.4. The maximum absolute atomic E-state index is 13.2. The molecule has 4 aromatic rings. The van der Waals surface area contributed by atoms with Crippen molar-refractivity contribution >= 4 is 11.0 Å². The molecule has 0 saturated heterocycles. The van der Waals surface area contributed by atoms with E-state index in [-0.39, 0.29) is 6.04 Å². The lowest BCUT2D eigenvalue weighted by molar-refractivity contribution is -0.146. The van der Waals surface area contributed by atoms with E-state index in [0.29, 0.717) is 23.3 Å². The summed E-state index contributed by atoms with van der Waals surface area (Å²) in [5.41, 5.74) is 4.51. The fourth-order valence-electron chi connectivity index (χ4n) is 3.84. The normalized spacial score (nSPS) is 12.8. The minimum Gasteiger partial charge on any atom is -0.496 e. The van der Waals surface area contributed by atoms with Crippen LogP contribution in [0, 0.1) is 0 Å². The molecule has 32 heavy (non-hydrogen) atoms. The van der Waals surface area contributed by atoms with Crippen molar-refractivity contribution in [3.8, 4) is 16.9 Å². The third-order valence-corrected chi connectivity index (χ3v) is 5.62. The predicted octanol–water partition coefficient (Wildman–Crippen LogP) is 6.12.